The molecular formula is C23H35N3O4. The Morgan fingerprint density at radius 1 is 1.20 bits per heavy atom. The van der Waals surface area contributed by atoms with Gasteiger partial charge in [0.1, 0.15) is 5.75 Å². The lowest BCUT2D eigenvalue weighted by atomic mass is 10.1. The van der Waals surface area contributed by atoms with E-state index in [0.717, 1.165) is 35.2 Å². The van der Waals surface area contributed by atoms with Crippen molar-refractivity contribution in [1.82, 2.24) is 14.8 Å². The number of ether oxygens (including phenoxy) is 2. The van der Waals surface area contributed by atoms with Crippen LogP contribution >= 0.6 is 0 Å². The van der Waals surface area contributed by atoms with E-state index >= 15 is 0 Å². The van der Waals surface area contributed by atoms with Gasteiger partial charge >= 0.3 is 6.09 Å². The van der Waals surface area contributed by atoms with Crippen molar-refractivity contribution in [3.8, 4) is 5.75 Å². The van der Waals surface area contributed by atoms with Crippen molar-refractivity contribution in [2.45, 2.75) is 52.7 Å². The number of rotatable bonds is 7. The Morgan fingerprint density at radius 3 is 2.40 bits per heavy atom. The van der Waals surface area contributed by atoms with Gasteiger partial charge in [0.05, 0.1) is 12.6 Å². The molecule has 0 radical (unpaired) electrons. The number of methoxy groups -OCH3 is 1. The average molecular weight is 418 g/mol. The number of alkyl carbamates (subject to hydrolysis) is 1. The Bertz CT molecular complexity index is 894. The Labute approximate surface area is 179 Å². The summed E-state index contributed by atoms with van der Waals surface area (Å²) in [6.45, 7) is 10.2. The molecule has 1 atom stereocenters. The number of fused-ring (bicyclic) bond motifs is 1. The van der Waals surface area contributed by atoms with Crippen LogP contribution in [0.25, 0.3) is 10.9 Å². The Kier molecular flexibility index (Phi) is 7.53. The maximum Gasteiger partial charge on any atom is 0.408 e. The van der Waals surface area contributed by atoms with Gasteiger partial charge in [0, 0.05) is 23.7 Å². The normalized spacial score (nSPS) is 13.0. The second kappa shape index (κ2) is 9.51. The average Bonchev–Trinajstić information content (AvgIpc) is 3.00. The predicted octanol–water partition coefficient (Wildman–Crippen LogP) is 3.94. The number of carbonyl (C=O) groups is 2. The minimum Gasteiger partial charge on any atom is -0.497 e. The number of amides is 1. The minimum absolute atomic E-state index is 0.177. The fourth-order valence-corrected chi connectivity index (χ4v) is 3.19. The fourth-order valence-electron chi connectivity index (χ4n) is 3.19. The van der Waals surface area contributed by atoms with Crippen molar-refractivity contribution in [3.05, 3.63) is 30.0 Å². The Hall–Kier alpha value is -2.54. The molecule has 0 fully saturated rings. The first-order valence-electron chi connectivity index (χ1n) is 10.3. The first-order valence-corrected chi connectivity index (χ1v) is 10.3. The van der Waals surface area contributed by atoms with Crippen molar-refractivity contribution < 1.29 is 19.1 Å². The van der Waals surface area contributed by atoms with Gasteiger partial charge in [-0.2, -0.15) is 0 Å². The lowest BCUT2D eigenvalue weighted by Crippen LogP contribution is -2.45. The molecule has 0 aliphatic carbocycles. The Morgan fingerprint density at radius 2 is 1.87 bits per heavy atom. The maximum absolute atomic E-state index is 13.4. The molecule has 1 aromatic carbocycles. The van der Waals surface area contributed by atoms with Crippen LogP contribution in [0.4, 0.5) is 4.79 Å². The van der Waals surface area contributed by atoms with E-state index in [2.05, 4.69) is 10.2 Å². The van der Waals surface area contributed by atoms with Crippen molar-refractivity contribution in [3.63, 3.8) is 0 Å². The van der Waals surface area contributed by atoms with Gasteiger partial charge in [-0.3, -0.25) is 9.36 Å². The van der Waals surface area contributed by atoms with Crippen LogP contribution in [-0.4, -0.2) is 60.9 Å². The van der Waals surface area contributed by atoms with Gasteiger partial charge in [-0.15, -0.1) is 0 Å². The van der Waals surface area contributed by atoms with E-state index in [1.165, 1.54) is 0 Å². The SMILES string of the molecule is COc1ccc2c(c1)c(CCN(C)C)cn2C(=O)[C@@H](OC(=O)NC(C)(C)C)C(C)C. The van der Waals surface area contributed by atoms with Gasteiger partial charge in [-0.1, -0.05) is 13.8 Å². The van der Waals surface area contributed by atoms with Crippen LogP contribution in [0.5, 0.6) is 5.75 Å². The first kappa shape index (κ1) is 23.7. The zero-order chi connectivity index (χ0) is 22.6. The molecule has 1 heterocycles. The number of likely N-dealkylation sites (N-methyl/N-ethyl adjacent to an activating group) is 1. The molecule has 0 aliphatic heterocycles. The molecule has 7 nitrogen and oxygen atoms in total. The number of nitrogens with zero attached hydrogens (tertiary/aromatic N) is 2. The van der Waals surface area contributed by atoms with Crippen molar-refractivity contribution in [2.75, 3.05) is 27.7 Å². The first-order chi connectivity index (χ1) is 13.9. The monoisotopic (exact) mass is 417 g/mol. The summed E-state index contributed by atoms with van der Waals surface area (Å²) in [7, 11) is 5.65. The Balaban J connectivity index is 2.42. The summed E-state index contributed by atoms with van der Waals surface area (Å²) in [5.74, 6) is 0.296. The highest BCUT2D eigenvalue weighted by Gasteiger charge is 2.30. The molecule has 0 saturated heterocycles. The zero-order valence-electron chi connectivity index (χ0n) is 19.4. The molecule has 1 aromatic heterocycles. The third-order valence-corrected chi connectivity index (χ3v) is 4.72. The summed E-state index contributed by atoms with van der Waals surface area (Å²) in [5.41, 5.74) is 1.38. The van der Waals surface area contributed by atoms with Gasteiger partial charge in [-0.05, 0) is 71.0 Å². The van der Waals surface area contributed by atoms with E-state index in [1.807, 2.05) is 73.1 Å². The van der Waals surface area contributed by atoms with Gasteiger partial charge in [0.15, 0.2) is 6.10 Å². The number of benzene rings is 1. The van der Waals surface area contributed by atoms with Crippen LogP contribution in [0, 0.1) is 5.92 Å². The summed E-state index contributed by atoms with van der Waals surface area (Å²) in [5, 5.41) is 3.72. The largest absolute Gasteiger partial charge is 0.497 e. The molecule has 1 amide bonds. The van der Waals surface area contributed by atoms with E-state index in [0.29, 0.717) is 0 Å². The summed E-state index contributed by atoms with van der Waals surface area (Å²) in [6.07, 6.45) is 1.15. The summed E-state index contributed by atoms with van der Waals surface area (Å²) < 4.78 is 12.5. The molecule has 1 N–H and O–H groups in total. The van der Waals surface area contributed by atoms with Gasteiger partial charge in [0.2, 0.25) is 0 Å². The molecule has 0 unspecified atom stereocenters. The maximum atomic E-state index is 13.4. The van der Waals surface area contributed by atoms with E-state index < -0.39 is 17.7 Å². The lowest BCUT2D eigenvalue weighted by Gasteiger charge is -2.25. The van der Waals surface area contributed by atoms with E-state index in [1.54, 1.807) is 11.7 Å². The van der Waals surface area contributed by atoms with Crippen LogP contribution in [0.15, 0.2) is 24.4 Å². The topological polar surface area (TPSA) is 72.8 Å². The fraction of sp³-hybridized carbons (Fsp3) is 0.565. The number of carbonyl (C=O) groups excluding carboxylic acids is 2. The quantitative estimate of drug-likeness (QED) is 0.739. The molecule has 0 aliphatic rings. The van der Waals surface area contributed by atoms with E-state index in [9.17, 15) is 9.59 Å². The molecule has 0 spiro atoms. The number of hydrogen-bond acceptors (Lipinski definition) is 5. The summed E-state index contributed by atoms with van der Waals surface area (Å²) in [6, 6.07) is 5.65. The van der Waals surface area contributed by atoms with Gasteiger partial charge in [-0.25, -0.2) is 4.79 Å². The molecule has 2 rings (SSSR count). The van der Waals surface area contributed by atoms with Crippen molar-refractivity contribution in [1.29, 1.82) is 0 Å². The number of hydrogen-bond donors (Lipinski definition) is 1. The summed E-state index contributed by atoms with van der Waals surface area (Å²) in [4.78, 5) is 27.8. The standard InChI is InChI=1S/C23H35N3O4/c1-15(2)20(30-22(28)24-23(3,4)5)21(27)26-14-16(11-12-25(6)7)18-13-17(29-8)9-10-19(18)26/h9-10,13-15,20H,11-12H2,1-8H3,(H,24,28)/t20-/m0/s1. The van der Waals surface area contributed by atoms with Crippen LogP contribution in [0.3, 0.4) is 0 Å². The molecule has 30 heavy (non-hydrogen) atoms. The number of aromatic nitrogens is 1. The predicted molar refractivity (Wildman–Crippen MR) is 119 cm³/mol. The minimum atomic E-state index is -0.897. The lowest BCUT2D eigenvalue weighted by molar-refractivity contribution is 0.0411. The molecule has 2 aromatic rings. The van der Waals surface area contributed by atoms with Gasteiger partial charge in [0.25, 0.3) is 5.91 Å². The van der Waals surface area contributed by atoms with Gasteiger partial charge < -0.3 is 19.7 Å². The third-order valence-electron chi connectivity index (χ3n) is 4.72. The molecule has 166 valence electrons. The third kappa shape index (κ3) is 5.98. The highest BCUT2D eigenvalue weighted by Crippen LogP contribution is 2.28. The van der Waals surface area contributed by atoms with E-state index in [-0.39, 0.29) is 11.8 Å². The highest BCUT2D eigenvalue weighted by atomic mass is 16.6. The van der Waals surface area contributed by atoms with Crippen molar-refractivity contribution in [2.24, 2.45) is 5.92 Å². The highest BCUT2D eigenvalue weighted by molar-refractivity contribution is 5.97. The van der Waals surface area contributed by atoms with Crippen LogP contribution in [0.1, 0.15) is 45.0 Å². The zero-order valence-corrected chi connectivity index (χ0v) is 19.4. The molecule has 7 heteroatoms. The van der Waals surface area contributed by atoms with E-state index in [4.69, 9.17) is 9.47 Å². The smallest absolute Gasteiger partial charge is 0.408 e. The second-order valence-corrected chi connectivity index (χ2v) is 9.24. The summed E-state index contributed by atoms with van der Waals surface area (Å²) >= 11 is 0. The molecule has 0 saturated carbocycles. The van der Waals surface area contributed by atoms with Crippen LogP contribution in [0.2, 0.25) is 0 Å². The van der Waals surface area contributed by atoms with Crippen LogP contribution < -0.4 is 10.1 Å². The number of nitrogens with one attached hydrogen (secondary N) is 1. The van der Waals surface area contributed by atoms with Crippen LogP contribution in [-0.2, 0) is 11.2 Å². The second-order valence-electron chi connectivity index (χ2n) is 9.24. The van der Waals surface area contributed by atoms with Crippen molar-refractivity contribution >= 4 is 22.9 Å². The molecule has 0 bridgehead atoms. The molecular weight excluding hydrogens is 382 g/mol.